The van der Waals surface area contributed by atoms with Crippen molar-refractivity contribution in [1.29, 1.82) is 5.26 Å². The summed E-state index contributed by atoms with van der Waals surface area (Å²) in [6.45, 7) is 6.40. The Balaban J connectivity index is 1.85. The largest absolute Gasteiger partial charge is 0.310 e. The van der Waals surface area contributed by atoms with E-state index in [1.807, 2.05) is 49.4 Å². The first kappa shape index (κ1) is 19.9. The lowest BCUT2D eigenvalue weighted by Gasteiger charge is -2.25. The van der Waals surface area contributed by atoms with Crippen molar-refractivity contribution in [3.63, 3.8) is 0 Å². The summed E-state index contributed by atoms with van der Waals surface area (Å²) >= 11 is 1.46. The monoisotopic (exact) mass is 389 g/mol. The van der Waals surface area contributed by atoms with Crippen molar-refractivity contribution < 1.29 is 4.79 Å². The first-order chi connectivity index (χ1) is 13.5. The van der Waals surface area contributed by atoms with Crippen LogP contribution in [0, 0.1) is 25.2 Å². The Labute approximate surface area is 170 Å². The lowest BCUT2D eigenvalue weighted by Crippen LogP contribution is -2.37. The molecule has 3 rings (SSSR count). The maximum atomic E-state index is 13.1. The molecule has 4 nitrogen and oxygen atoms in total. The molecular formula is C23H23N3OS. The Morgan fingerprint density at radius 1 is 1.14 bits per heavy atom. The minimum absolute atomic E-state index is 0.0178. The number of carbonyl (C=O) groups excluding carboxylic acids is 1. The van der Waals surface area contributed by atoms with Crippen LogP contribution in [0.1, 0.15) is 24.5 Å². The lowest BCUT2D eigenvalue weighted by atomic mass is 10.1. The molecule has 0 aliphatic heterocycles. The molecule has 28 heavy (non-hydrogen) atoms. The molecule has 0 unspecified atom stereocenters. The number of aromatic nitrogens is 1. The molecule has 0 aliphatic rings. The number of para-hydroxylation sites is 2. The summed E-state index contributed by atoms with van der Waals surface area (Å²) in [5, 5.41) is 10.6. The summed E-state index contributed by atoms with van der Waals surface area (Å²) in [6, 6.07) is 19.8. The van der Waals surface area contributed by atoms with E-state index in [2.05, 4.69) is 32.0 Å². The fraction of sp³-hybridized carbons (Fsp3) is 0.261. The molecule has 0 saturated carbocycles. The Kier molecular flexibility index (Phi) is 6.33. The van der Waals surface area contributed by atoms with Gasteiger partial charge in [0, 0.05) is 17.6 Å². The topological polar surface area (TPSA) is 57.0 Å². The Morgan fingerprint density at radius 3 is 2.61 bits per heavy atom. The second kappa shape index (κ2) is 8.90. The molecule has 2 aromatic carbocycles. The van der Waals surface area contributed by atoms with Crippen molar-refractivity contribution >= 4 is 34.3 Å². The van der Waals surface area contributed by atoms with Gasteiger partial charge in [0.2, 0.25) is 5.91 Å². The van der Waals surface area contributed by atoms with Gasteiger partial charge in [0.1, 0.15) is 0 Å². The average Bonchev–Trinajstić information content (AvgIpc) is 2.70. The molecule has 142 valence electrons. The number of anilines is 1. The summed E-state index contributed by atoms with van der Waals surface area (Å²) < 4.78 is 0. The van der Waals surface area contributed by atoms with Crippen LogP contribution in [0.2, 0.25) is 0 Å². The summed E-state index contributed by atoms with van der Waals surface area (Å²) in [4.78, 5) is 19.6. The summed E-state index contributed by atoms with van der Waals surface area (Å²) in [6.07, 6.45) is 0.296. The number of aryl methyl sites for hydroxylation is 2. The second-order valence-electron chi connectivity index (χ2n) is 6.74. The van der Waals surface area contributed by atoms with Gasteiger partial charge in [-0.2, -0.15) is 5.26 Å². The van der Waals surface area contributed by atoms with Gasteiger partial charge in [-0.05, 0) is 50.1 Å². The third-order valence-electron chi connectivity index (χ3n) is 4.65. The average molecular weight is 390 g/mol. The zero-order valence-electron chi connectivity index (χ0n) is 16.3. The van der Waals surface area contributed by atoms with Crippen molar-refractivity contribution in [2.75, 3.05) is 11.4 Å². The number of hydrogen-bond acceptors (Lipinski definition) is 4. The number of benzene rings is 2. The van der Waals surface area contributed by atoms with Gasteiger partial charge in [-0.15, -0.1) is 0 Å². The summed E-state index contributed by atoms with van der Waals surface area (Å²) in [7, 11) is 0. The van der Waals surface area contributed by atoms with Crippen molar-refractivity contribution in [3.8, 4) is 6.07 Å². The van der Waals surface area contributed by atoms with Gasteiger partial charge >= 0.3 is 0 Å². The zero-order valence-corrected chi connectivity index (χ0v) is 17.2. The van der Waals surface area contributed by atoms with Crippen LogP contribution < -0.4 is 4.90 Å². The SMILES string of the molecule is Cc1cc(S[C@H](C)C(=O)N(CCC#N)c2ccccc2)nc2c(C)cccc12. The van der Waals surface area contributed by atoms with Gasteiger partial charge in [0.05, 0.1) is 28.3 Å². The molecule has 0 aliphatic carbocycles. The van der Waals surface area contributed by atoms with Crippen LogP contribution in [0.3, 0.4) is 0 Å². The van der Waals surface area contributed by atoms with E-state index in [0.29, 0.717) is 13.0 Å². The van der Waals surface area contributed by atoms with E-state index in [1.54, 1.807) is 4.90 Å². The highest BCUT2D eigenvalue weighted by Crippen LogP contribution is 2.29. The maximum Gasteiger partial charge on any atom is 0.240 e. The standard InChI is InChI=1S/C23H23N3OS/c1-16-9-7-12-20-17(2)15-21(25-22(16)20)28-18(3)23(27)26(14-8-13-24)19-10-5-4-6-11-19/h4-7,9-12,15,18H,8,14H2,1-3H3/t18-/m1/s1. The fourth-order valence-electron chi connectivity index (χ4n) is 3.18. The number of nitrogens with zero attached hydrogens (tertiary/aromatic N) is 3. The highest BCUT2D eigenvalue weighted by atomic mass is 32.2. The minimum Gasteiger partial charge on any atom is -0.310 e. The Hall–Kier alpha value is -2.84. The fourth-order valence-corrected chi connectivity index (χ4v) is 4.16. The highest BCUT2D eigenvalue weighted by molar-refractivity contribution is 8.00. The van der Waals surface area contributed by atoms with E-state index in [1.165, 1.54) is 11.8 Å². The smallest absolute Gasteiger partial charge is 0.240 e. The van der Waals surface area contributed by atoms with Crippen LogP contribution >= 0.6 is 11.8 Å². The summed E-state index contributed by atoms with van der Waals surface area (Å²) in [5.41, 5.74) is 4.07. The van der Waals surface area contributed by atoms with E-state index in [0.717, 1.165) is 32.7 Å². The van der Waals surface area contributed by atoms with Gasteiger partial charge in [-0.3, -0.25) is 4.79 Å². The van der Waals surface area contributed by atoms with Crippen molar-refractivity contribution in [2.24, 2.45) is 0 Å². The number of carbonyl (C=O) groups is 1. The van der Waals surface area contributed by atoms with E-state index in [4.69, 9.17) is 10.2 Å². The van der Waals surface area contributed by atoms with Crippen LogP contribution in [0.5, 0.6) is 0 Å². The molecule has 0 bridgehead atoms. The molecule has 0 saturated heterocycles. The zero-order chi connectivity index (χ0) is 20.1. The van der Waals surface area contributed by atoms with Gasteiger partial charge in [-0.1, -0.05) is 48.2 Å². The molecule has 0 N–H and O–H groups in total. The number of fused-ring (bicyclic) bond motifs is 1. The third kappa shape index (κ3) is 4.35. The third-order valence-corrected chi connectivity index (χ3v) is 5.66. The molecule has 1 atom stereocenters. The van der Waals surface area contributed by atoms with Crippen molar-refractivity contribution in [2.45, 2.75) is 37.5 Å². The van der Waals surface area contributed by atoms with Gasteiger partial charge < -0.3 is 4.90 Å². The van der Waals surface area contributed by atoms with E-state index >= 15 is 0 Å². The predicted octanol–water partition coefficient (Wildman–Crippen LogP) is 5.28. The molecule has 0 radical (unpaired) electrons. The van der Waals surface area contributed by atoms with E-state index in [-0.39, 0.29) is 11.2 Å². The normalized spacial score (nSPS) is 11.8. The van der Waals surface area contributed by atoms with Crippen LogP contribution in [-0.4, -0.2) is 22.7 Å². The van der Waals surface area contributed by atoms with Crippen LogP contribution in [0.25, 0.3) is 10.9 Å². The minimum atomic E-state index is -0.313. The van der Waals surface area contributed by atoms with Gasteiger partial charge in [0.25, 0.3) is 0 Å². The van der Waals surface area contributed by atoms with Crippen LogP contribution in [0.4, 0.5) is 5.69 Å². The molecule has 5 heteroatoms. The first-order valence-electron chi connectivity index (χ1n) is 9.28. The Bertz CT molecular complexity index is 1030. The van der Waals surface area contributed by atoms with Gasteiger partial charge in [0.15, 0.2) is 0 Å². The van der Waals surface area contributed by atoms with E-state index in [9.17, 15) is 4.79 Å². The molecule has 1 heterocycles. The van der Waals surface area contributed by atoms with Gasteiger partial charge in [-0.25, -0.2) is 4.98 Å². The van der Waals surface area contributed by atoms with E-state index < -0.39 is 0 Å². The van der Waals surface area contributed by atoms with Crippen molar-refractivity contribution in [3.05, 3.63) is 65.7 Å². The molecule has 0 fully saturated rings. The molecule has 3 aromatic rings. The number of nitriles is 1. The predicted molar refractivity (Wildman–Crippen MR) is 116 cm³/mol. The maximum absolute atomic E-state index is 13.1. The first-order valence-corrected chi connectivity index (χ1v) is 10.2. The van der Waals surface area contributed by atoms with Crippen molar-refractivity contribution in [1.82, 2.24) is 4.98 Å². The summed E-state index contributed by atoms with van der Waals surface area (Å²) in [5.74, 6) is -0.0178. The Morgan fingerprint density at radius 2 is 1.89 bits per heavy atom. The number of pyridine rings is 1. The van der Waals surface area contributed by atoms with Crippen LogP contribution in [-0.2, 0) is 4.79 Å². The quantitative estimate of drug-likeness (QED) is 0.538. The number of rotatable bonds is 6. The second-order valence-corrected chi connectivity index (χ2v) is 8.10. The number of amides is 1. The molecule has 1 amide bonds. The highest BCUT2D eigenvalue weighted by Gasteiger charge is 2.23. The molecule has 0 spiro atoms. The number of hydrogen-bond donors (Lipinski definition) is 0. The molecule has 1 aromatic heterocycles. The number of thioether (sulfide) groups is 1. The lowest BCUT2D eigenvalue weighted by molar-refractivity contribution is -0.117. The van der Waals surface area contributed by atoms with Crippen LogP contribution in [0.15, 0.2) is 59.6 Å². The molecular weight excluding hydrogens is 366 g/mol.